The Morgan fingerprint density at radius 1 is 1.24 bits per heavy atom. The fraction of sp³-hybridized carbons (Fsp3) is 0.500. The summed E-state index contributed by atoms with van der Waals surface area (Å²) in [5, 5.41) is 14.2. The zero-order valence-electron chi connectivity index (χ0n) is 12.1. The Kier molecular flexibility index (Phi) is 5.87. The van der Waals surface area contributed by atoms with Gasteiger partial charge in [0.2, 0.25) is 0 Å². The Balaban J connectivity index is 2.42. The molecule has 1 aromatic rings. The number of halogens is 3. The highest BCUT2D eigenvalue weighted by molar-refractivity contribution is 5.85. The number of hydrogen-bond donors (Lipinski definition) is 3. The van der Waals surface area contributed by atoms with Crippen LogP contribution in [-0.2, 0) is 0 Å². The molecule has 0 aliphatic heterocycles. The van der Waals surface area contributed by atoms with E-state index in [1.807, 2.05) is 13.8 Å². The number of nitrogens with zero attached hydrogens (tertiary/aromatic N) is 1. The van der Waals surface area contributed by atoms with E-state index >= 15 is 0 Å². The molecule has 0 unspecified atom stereocenters. The van der Waals surface area contributed by atoms with Crippen molar-refractivity contribution in [2.75, 3.05) is 11.9 Å². The van der Waals surface area contributed by atoms with E-state index in [0.29, 0.717) is 31.5 Å². The molecule has 1 aromatic carbocycles. The third kappa shape index (κ3) is 4.84. The molecule has 0 spiro atoms. The van der Waals surface area contributed by atoms with Crippen LogP contribution in [0.3, 0.4) is 0 Å². The lowest BCUT2D eigenvalue weighted by Crippen LogP contribution is -2.31. The molecule has 0 saturated heterocycles. The molecule has 0 aliphatic carbocycles. The fourth-order valence-electron chi connectivity index (χ4n) is 1.88. The predicted molar refractivity (Wildman–Crippen MR) is 75.8 cm³/mol. The molecule has 0 amide bonds. The molecule has 0 fully saturated rings. The lowest BCUT2D eigenvalue weighted by Gasteiger charge is -2.22. The topological polar surface area (TPSA) is 70.6 Å². The minimum absolute atomic E-state index is 0.145. The molecular formula is C14H20F3N3O. The Labute approximate surface area is 121 Å². The molecule has 0 aromatic heterocycles. The highest BCUT2D eigenvalue weighted by Gasteiger charge is 2.22. The van der Waals surface area contributed by atoms with Gasteiger partial charge in [-0.2, -0.15) is 0 Å². The second-order valence-corrected chi connectivity index (χ2v) is 5.50. The maximum atomic E-state index is 13.4. The average molecular weight is 303 g/mol. The third-order valence-electron chi connectivity index (χ3n) is 3.34. The molecule has 0 saturated carbocycles. The number of oxime groups is 1. The van der Waals surface area contributed by atoms with Crippen molar-refractivity contribution in [2.24, 2.45) is 16.3 Å². The lowest BCUT2D eigenvalue weighted by molar-refractivity contribution is 0.304. The normalized spacial score (nSPS) is 12.5. The van der Waals surface area contributed by atoms with Crippen LogP contribution < -0.4 is 11.1 Å². The second kappa shape index (κ2) is 7.19. The SMILES string of the molecule is CC(C)(CCCCNc1c(F)cc(F)cc1F)C(N)=NO. The summed E-state index contributed by atoms with van der Waals surface area (Å²) in [6.07, 6.45) is 2.03. The van der Waals surface area contributed by atoms with Gasteiger partial charge in [0.05, 0.1) is 0 Å². The van der Waals surface area contributed by atoms with E-state index in [4.69, 9.17) is 10.9 Å². The van der Waals surface area contributed by atoms with Crippen LogP contribution in [-0.4, -0.2) is 17.6 Å². The van der Waals surface area contributed by atoms with Crippen molar-refractivity contribution in [3.8, 4) is 0 Å². The summed E-state index contributed by atoms with van der Waals surface area (Å²) in [5.74, 6) is -2.71. The largest absolute Gasteiger partial charge is 0.409 e. The van der Waals surface area contributed by atoms with Crippen LogP contribution in [0.1, 0.15) is 33.1 Å². The minimum Gasteiger partial charge on any atom is -0.409 e. The van der Waals surface area contributed by atoms with Gasteiger partial charge in [-0.15, -0.1) is 0 Å². The number of rotatable bonds is 7. The number of nitrogens with two attached hydrogens (primary N) is 1. The van der Waals surface area contributed by atoms with E-state index in [1.54, 1.807) is 0 Å². The van der Waals surface area contributed by atoms with E-state index in [9.17, 15) is 13.2 Å². The summed E-state index contributed by atoms with van der Waals surface area (Å²) >= 11 is 0. The number of hydrogen-bond acceptors (Lipinski definition) is 3. The van der Waals surface area contributed by atoms with Gasteiger partial charge in [-0.25, -0.2) is 13.2 Å². The molecule has 7 heteroatoms. The number of nitrogens with one attached hydrogen (secondary N) is 1. The summed E-state index contributed by atoms with van der Waals surface area (Å²) < 4.78 is 39.5. The highest BCUT2D eigenvalue weighted by Crippen LogP contribution is 2.24. The summed E-state index contributed by atoms with van der Waals surface area (Å²) in [5.41, 5.74) is 4.79. The molecule has 1 rings (SSSR count). The van der Waals surface area contributed by atoms with Gasteiger partial charge in [-0.05, 0) is 12.8 Å². The maximum absolute atomic E-state index is 13.4. The molecule has 0 bridgehead atoms. The number of benzene rings is 1. The average Bonchev–Trinajstić information content (AvgIpc) is 2.39. The lowest BCUT2D eigenvalue weighted by atomic mass is 9.86. The van der Waals surface area contributed by atoms with Crippen molar-refractivity contribution in [1.82, 2.24) is 0 Å². The zero-order chi connectivity index (χ0) is 16.0. The Morgan fingerprint density at radius 3 is 2.33 bits per heavy atom. The summed E-state index contributed by atoms with van der Waals surface area (Å²) in [6, 6.07) is 1.26. The second-order valence-electron chi connectivity index (χ2n) is 5.50. The Morgan fingerprint density at radius 2 is 1.81 bits per heavy atom. The predicted octanol–water partition coefficient (Wildman–Crippen LogP) is 3.46. The number of amidine groups is 1. The Bertz CT molecular complexity index is 495. The van der Waals surface area contributed by atoms with Crippen molar-refractivity contribution in [3.63, 3.8) is 0 Å². The minimum atomic E-state index is -0.954. The summed E-state index contributed by atoms with van der Waals surface area (Å²) in [6.45, 7) is 4.02. The van der Waals surface area contributed by atoms with E-state index < -0.39 is 22.9 Å². The van der Waals surface area contributed by atoms with Crippen LogP contribution in [0.5, 0.6) is 0 Å². The first kappa shape index (κ1) is 17.1. The Hall–Kier alpha value is -1.92. The number of anilines is 1. The van der Waals surface area contributed by atoms with E-state index in [0.717, 1.165) is 6.42 Å². The quantitative estimate of drug-likeness (QED) is 0.237. The zero-order valence-corrected chi connectivity index (χ0v) is 12.1. The summed E-state index contributed by atoms with van der Waals surface area (Å²) in [4.78, 5) is 0. The first-order valence-electron chi connectivity index (χ1n) is 6.64. The van der Waals surface area contributed by atoms with Crippen molar-refractivity contribution in [1.29, 1.82) is 0 Å². The monoisotopic (exact) mass is 303 g/mol. The molecule has 118 valence electrons. The first-order chi connectivity index (χ1) is 9.77. The van der Waals surface area contributed by atoms with Gasteiger partial charge in [0.25, 0.3) is 0 Å². The van der Waals surface area contributed by atoms with Crippen LogP contribution in [0, 0.1) is 22.9 Å². The smallest absolute Gasteiger partial charge is 0.152 e. The fourth-order valence-corrected chi connectivity index (χ4v) is 1.88. The molecule has 0 radical (unpaired) electrons. The van der Waals surface area contributed by atoms with Crippen molar-refractivity contribution in [2.45, 2.75) is 33.1 Å². The van der Waals surface area contributed by atoms with Gasteiger partial charge in [-0.1, -0.05) is 25.4 Å². The maximum Gasteiger partial charge on any atom is 0.152 e. The number of unbranched alkanes of at least 4 members (excludes halogenated alkanes) is 1. The molecule has 0 aliphatic rings. The third-order valence-corrected chi connectivity index (χ3v) is 3.34. The molecule has 4 N–H and O–H groups in total. The molecule has 0 heterocycles. The van der Waals surface area contributed by atoms with Crippen LogP contribution in [0.25, 0.3) is 0 Å². The van der Waals surface area contributed by atoms with Crippen molar-refractivity contribution < 1.29 is 18.4 Å². The van der Waals surface area contributed by atoms with Crippen LogP contribution >= 0.6 is 0 Å². The molecule has 4 nitrogen and oxygen atoms in total. The van der Waals surface area contributed by atoms with Gasteiger partial charge in [-0.3, -0.25) is 0 Å². The van der Waals surface area contributed by atoms with Crippen molar-refractivity contribution in [3.05, 3.63) is 29.6 Å². The van der Waals surface area contributed by atoms with Crippen molar-refractivity contribution >= 4 is 11.5 Å². The highest BCUT2D eigenvalue weighted by atomic mass is 19.1. The first-order valence-corrected chi connectivity index (χ1v) is 6.64. The van der Waals surface area contributed by atoms with E-state index in [-0.39, 0.29) is 11.5 Å². The van der Waals surface area contributed by atoms with Crippen LogP contribution in [0.15, 0.2) is 17.3 Å². The molecule has 0 atom stereocenters. The molecular weight excluding hydrogens is 283 g/mol. The summed E-state index contributed by atoms with van der Waals surface area (Å²) in [7, 11) is 0. The molecule has 21 heavy (non-hydrogen) atoms. The van der Waals surface area contributed by atoms with Gasteiger partial charge < -0.3 is 16.3 Å². The van der Waals surface area contributed by atoms with Gasteiger partial charge >= 0.3 is 0 Å². The van der Waals surface area contributed by atoms with Gasteiger partial charge in [0, 0.05) is 24.1 Å². The standard InChI is InChI=1S/C14H20F3N3O/c1-14(2,13(18)20-21)5-3-4-6-19-12-10(16)7-9(15)8-11(12)17/h7-8,19,21H,3-6H2,1-2H3,(H2,18,20). The van der Waals surface area contributed by atoms with Crippen LogP contribution in [0.2, 0.25) is 0 Å². The van der Waals surface area contributed by atoms with Crippen LogP contribution in [0.4, 0.5) is 18.9 Å². The van der Waals surface area contributed by atoms with E-state index in [2.05, 4.69) is 10.5 Å². The van der Waals surface area contributed by atoms with Gasteiger partial charge in [0.1, 0.15) is 17.3 Å². The van der Waals surface area contributed by atoms with Gasteiger partial charge in [0.15, 0.2) is 11.6 Å². The van der Waals surface area contributed by atoms with E-state index in [1.165, 1.54) is 0 Å².